The highest BCUT2D eigenvalue weighted by Gasteiger charge is 2.14. The summed E-state index contributed by atoms with van der Waals surface area (Å²) in [6, 6.07) is 10.9. The molecule has 0 saturated carbocycles. The van der Waals surface area contributed by atoms with Gasteiger partial charge >= 0.3 is 5.97 Å². The Morgan fingerprint density at radius 2 is 1.97 bits per heavy atom. The van der Waals surface area contributed by atoms with Crippen LogP contribution in [0.2, 0.25) is 0 Å². The van der Waals surface area contributed by atoms with Gasteiger partial charge in [-0.1, -0.05) is 18.2 Å². The molecule has 3 N–H and O–H groups in total. The predicted octanol–water partition coefficient (Wildman–Crippen LogP) is 4.18. The van der Waals surface area contributed by atoms with Crippen LogP contribution in [-0.2, 0) is 22.4 Å². The Labute approximate surface area is 172 Å². The summed E-state index contributed by atoms with van der Waals surface area (Å²) in [7, 11) is 0. The van der Waals surface area contributed by atoms with E-state index in [1.54, 1.807) is 24.3 Å². The molecule has 0 atom stereocenters. The molecule has 0 fully saturated rings. The molecular formula is C21H20N4O3S. The number of rotatable bonds is 9. The van der Waals surface area contributed by atoms with Crippen LogP contribution in [-0.4, -0.2) is 27.5 Å². The molecule has 0 spiro atoms. The number of hydrogen-bond donors (Lipinski definition) is 3. The highest BCUT2D eigenvalue weighted by Crippen LogP contribution is 2.32. The fourth-order valence-corrected chi connectivity index (χ4v) is 3.61. The van der Waals surface area contributed by atoms with Crippen LogP contribution in [0.1, 0.15) is 16.8 Å². The minimum atomic E-state index is -0.866. The number of benzene rings is 1. The van der Waals surface area contributed by atoms with E-state index < -0.39 is 5.97 Å². The van der Waals surface area contributed by atoms with E-state index in [-0.39, 0.29) is 6.42 Å². The molecule has 0 bridgehead atoms. The van der Waals surface area contributed by atoms with Crippen LogP contribution in [0.4, 0.5) is 16.5 Å². The number of anilines is 3. The number of aromatic nitrogens is 2. The number of allylic oxidation sites excluding steroid dienone is 1. The summed E-state index contributed by atoms with van der Waals surface area (Å²) in [6.45, 7) is 5.73. The first-order valence-corrected chi connectivity index (χ1v) is 9.68. The van der Waals surface area contributed by atoms with Crippen molar-refractivity contribution in [3.8, 4) is 10.7 Å². The third-order valence-electron chi connectivity index (χ3n) is 4.16. The van der Waals surface area contributed by atoms with Gasteiger partial charge in [-0.15, -0.1) is 17.9 Å². The quantitative estimate of drug-likeness (QED) is 0.362. The lowest BCUT2D eigenvalue weighted by Crippen LogP contribution is -2.05. The van der Waals surface area contributed by atoms with Crippen molar-refractivity contribution >= 4 is 40.2 Å². The van der Waals surface area contributed by atoms with E-state index in [1.807, 2.05) is 25.1 Å². The van der Waals surface area contributed by atoms with Crippen LogP contribution in [0, 0.1) is 6.92 Å². The van der Waals surface area contributed by atoms with Crippen molar-refractivity contribution in [3.63, 3.8) is 0 Å². The highest BCUT2D eigenvalue weighted by atomic mass is 32.1. The average molecular weight is 408 g/mol. The molecule has 2 aromatic heterocycles. The Bertz CT molecular complexity index is 1040. The number of carbonyl (C=O) groups is 2. The van der Waals surface area contributed by atoms with Gasteiger partial charge in [0, 0.05) is 16.9 Å². The molecule has 1 aromatic carbocycles. The molecule has 0 aliphatic rings. The van der Waals surface area contributed by atoms with E-state index in [2.05, 4.69) is 22.2 Å². The van der Waals surface area contributed by atoms with Crippen LogP contribution in [0.25, 0.3) is 10.7 Å². The van der Waals surface area contributed by atoms with Gasteiger partial charge in [-0.2, -0.15) is 0 Å². The number of thiophene rings is 1. The Balaban J connectivity index is 1.94. The molecule has 148 valence electrons. The zero-order valence-corrected chi connectivity index (χ0v) is 16.6. The second-order valence-corrected chi connectivity index (χ2v) is 7.35. The molecule has 0 aliphatic carbocycles. The fourth-order valence-electron chi connectivity index (χ4n) is 2.81. The zero-order valence-electron chi connectivity index (χ0n) is 15.8. The van der Waals surface area contributed by atoms with Gasteiger partial charge in [-0.3, -0.25) is 9.59 Å². The van der Waals surface area contributed by atoms with Crippen molar-refractivity contribution in [2.24, 2.45) is 0 Å². The largest absolute Gasteiger partial charge is 0.481 e. The molecule has 0 aliphatic heterocycles. The Hall–Kier alpha value is -3.52. The van der Waals surface area contributed by atoms with Gasteiger partial charge in [-0.05, 0) is 43.2 Å². The molecule has 0 radical (unpaired) electrons. The monoisotopic (exact) mass is 408 g/mol. The molecule has 3 aromatic rings. The Kier molecular flexibility index (Phi) is 6.36. The molecule has 29 heavy (non-hydrogen) atoms. The van der Waals surface area contributed by atoms with E-state index in [9.17, 15) is 9.59 Å². The highest BCUT2D eigenvalue weighted by molar-refractivity contribution is 7.19. The van der Waals surface area contributed by atoms with E-state index >= 15 is 0 Å². The van der Waals surface area contributed by atoms with E-state index in [1.165, 1.54) is 11.3 Å². The Morgan fingerprint density at radius 1 is 1.21 bits per heavy atom. The number of hydrogen-bond acceptors (Lipinski definition) is 6. The lowest BCUT2D eigenvalue weighted by Gasteiger charge is -2.14. The number of aliphatic carboxylic acids is 1. The van der Waals surface area contributed by atoms with Crippen LogP contribution < -0.4 is 10.6 Å². The maximum Gasteiger partial charge on any atom is 0.307 e. The smallest absolute Gasteiger partial charge is 0.307 e. The molecule has 0 unspecified atom stereocenters. The maximum absolute atomic E-state index is 10.8. The number of aryl methyl sites for hydroxylation is 1. The van der Waals surface area contributed by atoms with E-state index in [4.69, 9.17) is 10.1 Å². The maximum atomic E-state index is 10.8. The topological polar surface area (TPSA) is 104 Å². The number of amides is 1. The van der Waals surface area contributed by atoms with Gasteiger partial charge in [0.1, 0.15) is 5.82 Å². The van der Waals surface area contributed by atoms with E-state index in [0.717, 1.165) is 32.4 Å². The van der Waals surface area contributed by atoms with Crippen LogP contribution >= 0.6 is 11.3 Å². The summed E-state index contributed by atoms with van der Waals surface area (Å²) in [5, 5.41) is 15.6. The first-order chi connectivity index (χ1) is 14.0. The van der Waals surface area contributed by atoms with Crippen molar-refractivity contribution < 1.29 is 14.7 Å². The van der Waals surface area contributed by atoms with Gasteiger partial charge in [0.2, 0.25) is 6.41 Å². The van der Waals surface area contributed by atoms with Crippen LogP contribution in [0.15, 0.2) is 49.1 Å². The number of carbonyl (C=O) groups excluding carboxylic acids is 1. The third kappa shape index (κ3) is 5.05. The normalized spacial score (nSPS) is 10.4. The zero-order chi connectivity index (χ0) is 20.8. The first-order valence-electron chi connectivity index (χ1n) is 8.86. The molecule has 3 rings (SSSR count). The SMILES string of the molecule is C=CCc1c(C)nc(-c2ccc(NC=O)s2)nc1Nc1ccc(CC(=O)O)cc1. The van der Waals surface area contributed by atoms with Crippen molar-refractivity contribution in [3.05, 3.63) is 65.9 Å². The summed E-state index contributed by atoms with van der Waals surface area (Å²) in [6.07, 6.45) is 3.02. The van der Waals surface area contributed by atoms with E-state index in [0.29, 0.717) is 24.5 Å². The molecule has 2 heterocycles. The summed E-state index contributed by atoms with van der Waals surface area (Å²) < 4.78 is 0. The fraction of sp³-hybridized carbons (Fsp3) is 0.143. The molecule has 8 heteroatoms. The minimum Gasteiger partial charge on any atom is -0.481 e. The summed E-state index contributed by atoms with van der Waals surface area (Å²) >= 11 is 1.39. The standard InChI is InChI=1S/C21H20N4O3S/c1-3-4-16-13(2)23-21(17-9-10-18(29-17)22-12-26)25-20(16)24-15-7-5-14(6-8-15)11-19(27)28/h3,5-10,12H,1,4,11H2,2H3,(H,22,26)(H,27,28)(H,23,24,25). The average Bonchev–Trinajstić information content (AvgIpc) is 3.14. The van der Waals surface area contributed by atoms with Crippen molar-refractivity contribution in [2.45, 2.75) is 19.8 Å². The number of nitrogens with zero attached hydrogens (tertiary/aromatic N) is 2. The molecular weight excluding hydrogens is 388 g/mol. The van der Waals surface area contributed by atoms with Crippen LogP contribution in [0.3, 0.4) is 0 Å². The minimum absolute atomic E-state index is 0.0196. The number of nitrogens with one attached hydrogen (secondary N) is 2. The van der Waals surface area contributed by atoms with Gasteiger partial charge in [-0.25, -0.2) is 9.97 Å². The van der Waals surface area contributed by atoms with Gasteiger partial charge in [0.15, 0.2) is 5.82 Å². The molecule has 0 saturated heterocycles. The lowest BCUT2D eigenvalue weighted by atomic mass is 10.1. The number of carboxylic acids is 1. The van der Waals surface area contributed by atoms with Crippen LogP contribution in [0.5, 0.6) is 0 Å². The van der Waals surface area contributed by atoms with Crippen molar-refractivity contribution in [2.75, 3.05) is 10.6 Å². The summed E-state index contributed by atoms with van der Waals surface area (Å²) in [5.74, 6) is 0.357. The second kappa shape index (κ2) is 9.11. The van der Waals surface area contributed by atoms with Gasteiger partial charge in [0.05, 0.1) is 16.3 Å². The predicted molar refractivity (Wildman–Crippen MR) is 115 cm³/mol. The Morgan fingerprint density at radius 3 is 2.62 bits per heavy atom. The molecule has 1 amide bonds. The summed E-state index contributed by atoms with van der Waals surface area (Å²) in [5.41, 5.74) is 3.28. The lowest BCUT2D eigenvalue weighted by molar-refractivity contribution is -0.136. The first kappa shape index (κ1) is 20.2. The van der Waals surface area contributed by atoms with Gasteiger partial charge in [0.25, 0.3) is 0 Å². The second-order valence-electron chi connectivity index (χ2n) is 6.27. The summed E-state index contributed by atoms with van der Waals surface area (Å²) in [4.78, 5) is 31.6. The molecule has 7 nitrogen and oxygen atoms in total. The number of carboxylic acid groups (broad SMARTS) is 1. The van der Waals surface area contributed by atoms with Crippen molar-refractivity contribution in [1.82, 2.24) is 9.97 Å². The van der Waals surface area contributed by atoms with Crippen molar-refractivity contribution in [1.29, 1.82) is 0 Å². The third-order valence-corrected chi connectivity index (χ3v) is 5.17. The van der Waals surface area contributed by atoms with Gasteiger partial charge < -0.3 is 15.7 Å².